The monoisotopic (exact) mass is 251 g/mol. The Morgan fingerprint density at radius 3 is 2.39 bits per heavy atom. The molecule has 0 bridgehead atoms. The van der Waals surface area contributed by atoms with E-state index in [1.807, 2.05) is 13.8 Å². The Balaban J connectivity index is 2.71. The number of hydrogen-bond acceptors (Lipinski definition) is 1. The summed E-state index contributed by atoms with van der Waals surface area (Å²) in [5.41, 5.74) is 0.955. The summed E-state index contributed by atoms with van der Waals surface area (Å²) >= 11 is 0. The van der Waals surface area contributed by atoms with E-state index >= 15 is 0 Å². The van der Waals surface area contributed by atoms with Crippen LogP contribution in [0.3, 0.4) is 0 Å². The smallest absolute Gasteiger partial charge is 0.220 e. The molecule has 1 N–H and O–H groups in total. The Kier molecular flexibility index (Phi) is 5.83. The van der Waals surface area contributed by atoms with Crippen molar-refractivity contribution in [2.45, 2.75) is 46.1 Å². The molecule has 3 heteroatoms. The molecule has 0 aromatic heterocycles. The summed E-state index contributed by atoms with van der Waals surface area (Å²) in [6, 6.07) is 6.29. The molecule has 0 aliphatic rings. The fraction of sp³-hybridized carbons (Fsp3) is 0.533. The first-order chi connectivity index (χ1) is 8.54. The van der Waals surface area contributed by atoms with E-state index in [1.54, 1.807) is 12.1 Å². The van der Waals surface area contributed by atoms with Crippen molar-refractivity contribution in [1.82, 2.24) is 5.32 Å². The van der Waals surface area contributed by atoms with Crippen LogP contribution in [0.15, 0.2) is 24.3 Å². The van der Waals surface area contributed by atoms with Crippen molar-refractivity contribution >= 4 is 5.91 Å². The lowest BCUT2D eigenvalue weighted by molar-refractivity contribution is -0.122. The van der Waals surface area contributed by atoms with Gasteiger partial charge in [-0.25, -0.2) is 4.39 Å². The van der Waals surface area contributed by atoms with Gasteiger partial charge in [-0.15, -0.1) is 0 Å². The molecule has 18 heavy (non-hydrogen) atoms. The minimum Gasteiger partial charge on any atom is -0.349 e. The van der Waals surface area contributed by atoms with Crippen LogP contribution in [0.25, 0.3) is 0 Å². The van der Waals surface area contributed by atoms with E-state index in [9.17, 15) is 9.18 Å². The number of rotatable bonds is 6. The van der Waals surface area contributed by atoms with Gasteiger partial charge in [-0.05, 0) is 30.0 Å². The van der Waals surface area contributed by atoms with Crippen LogP contribution in [0.5, 0.6) is 0 Å². The summed E-state index contributed by atoms with van der Waals surface area (Å²) in [5.74, 6) is 0.0967. The molecule has 0 saturated carbocycles. The predicted molar refractivity (Wildman–Crippen MR) is 71.6 cm³/mol. The lowest BCUT2D eigenvalue weighted by Gasteiger charge is -2.23. The first kappa shape index (κ1) is 14.7. The highest BCUT2D eigenvalue weighted by Crippen LogP contribution is 2.22. The highest BCUT2D eigenvalue weighted by atomic mass is 19.1. The molecular formula is C15H22FNO. The molecule has 1 aromatic carbocycles. The third kappa shape index (κ3) is 4.47. The summed E-state index contributed by atoms with van der Waals surface area (Å²) < 4.78 is 12.9. The number of carbonyl (C=O) groups is 1. The van der Waals surface area contributed by atoms with E-state index in [-0.39, 0.29) is 23.7 Å². The molecule has 1 atom stereocenters. The molecular weight excluding hydrogens is 229 g/mol. The number of amides is 1. The second-order valence-corrected chi connectivity index (χ2v) is 4.94. The van der Waals surface area contributed by atoms with Crippen LogP contribution in [0.4, 0.5) is 4.39 Å². The van der Waals surface area contributed by atoms with Crippen molar-refractivity contribution in [1.29, 1.82) is 0 Å². The number of nitrogens with one attached hydrogen (secondary N) is 1. The maximum atomic E-state index is 12.9. The lowest BCUT2D eigenvalue weighted by Crippen LogP contribution is -2.31. The van der Waals surface area contributed by atoms with Gasteiger partial charge in [-0.3, -0.25) is 4.79 Å². The minimum atomic E-state index is -0.251. The first-order valence-corrected chi connectivity index (χ1v) is 6.59. The van der Waals surface area contributed by atoms with Crippen molar-refractivity contribution in [2.24, 2.45) is 5.92 Å². The maximum absolute atomic E-state index is 12.9. The van der Waals surface area contributed by atoms with Gasteiger partial charge in [-0.1, -0.05) is 39.3 Å². The van der Waals surface area contributed by atoms with Crippen molar-refractivity contribution in [3.05, 3.63) is 35.6 Å². The number of unbranched alkanes of at least 4 members (excludes halogenated alkanes) is 1. The van der Waals surface area contributed by atoms with E-state index in [1.165, 1.54) is 12.1 Å². The minimum absolute atomic E-state index is 0.0463. The second-order valence-electron chi connectivity index (χ2n) is 4.94. The van der Waals surface area contributed by atoms with Gasteiger partial charge in [0.05, 0.1) is 6.04 Å². The van der Waals surface area contributed by atoms with Crippen LogP contribution >= 0.6 is 0 Å². The van der Waals surface area contributed by atoms with E-state index < -0.39 is 0 Å². The SMILES string of the molecule is CCCCC(=O)NC(c1ccc(F)cc1)C(C)C. The summed E-state index contributed by atoms with van der Waals surface area (Å²) in [5, 5.41) is 3.03. The van der Waals surface area contributed by atoms with Gasteiger partial charge in [-0.2, -0.15) is 0 Å². The Morgan fingerprint density at radius 2 is 1.89 bits per heavy atom. The normalized spacial score (nSPS) is 12.5. The van der Waals surface area contributed by atoms with Gasteiger partial charge < -0.3 is 5.32 Å². The number of halogens is 1. The summed E-state index contributed by atoms with van der Waals surface area (Å²) in [4.78, 5) is 11.8. The van der Waals surface area contributed by atoms with Gasteiger partial charge in [0.15, 0.2) is 0 Å². The van der Waals surface area contributed by atoms with Crippen molar-refractivity contribution in [2.75, 3.05) is 0 Å². The number of hydrogen-bond donors (Lipinski definition) is 1. The molecule has 0 fully saturated rings. The molecule has 0 heterocycles. The Labute approximate surface area is 109 Å². The molecule has 0 aliphatic carbocycles. The molecule has 0 spiro atoms. The topological polar surface area (TPSA) is 29.1 Å². The zero-order valence-electron chi connectivity index (χ0n) is 11.4. The van der Waals surface area contributed by atoms with Gasteiger partial charge in [0.2, 0.25) is 5.91 Å². The van der Waals surface area contributed by atoms with Gasteiger partial charge >= 0.3 is 0 Å². The number of benzene rings is 1. The molecule has 1 rings (SSSR count). The van der Waals surface area contributed by atoms with Crippen LogP contribution in [-0.2, 0) is 4.79 Å². The highest BCUT2D eigenvalue weighted by molar-refractivity contribution is 5.76. The van der Waals surface area contributed by atoms with E-state index in [0.29, 0.717) is 6.42 Å². The van der Waals surface area contributed by atoms with Crippen LogP contribution in [0, 0.1) is 11.7 Å². The standard InChI is InChI=1S/C15H22FNO/c1-4-5-6-14(18)17-15(11(2)3)12-7-9-13(16)10-8-12/h7-11,15H,4-6H2,1-3H3,(H,17,18). The average Bonchev–Trinajstić information content (AvgIpc) is 2.34. The molecule has 0 saturated heterocycles. The third-order valence-corrected chi connectivity index (χ3v) is 2.97. The van der Waals surface area contributed by atoms with E-state index in [4.69, 9.17) is 0 Å². The third-order valence-electron chi connectivity index (χ3n) is 2.97. The molecule has 1 amide bonds. The van der Waals surface area contributed by atoms with E-state index in [2.05, 4.69) is 12.2 Å². The summed E-state index contributed by atoms with van der Waals surface area (Å²) in [6.45, 7) is 6.16. The van der Waals surface area contributed by atoms with Crippen molar-refractivity contribution < 1.29 is 9.18 Å². The zero-order valence-corrected chi connectivity index (χ0v) is 11.4. The first-order valence-electron chi connectivity index (χ1n) is 6.59. The van der Waals surface area contributed by atoms with Crippen LogP contribution in [0.1, 0.15) is 51.6 Å². The number of carbonyl (C=O) groups excluding carboxylic acids is 1. The van der Waals surface area contributed by atoms with Gasteiger partial charge in [0.1, 0.15) is 5.82 Å². The molecule has 100 valence electrons. The van der Waals surface area contributed by atoms with Crippen molar-refractivity contribution in [3.8, 4) is 0 Å². The Hall–Kier alpha value is -1.38. The fourth-order valence-corrected chi connectivity index (χ4v) is 1.89. The Morgan fingerprint density at radius 1 is 1.28 bits per heavy atom. The lowest BCUT2D eigenvalue weighted by atomic mass is 9.96. The van der Waals surface area contributed by atoms with Crippen LogP contribution in [-0.4, -0.2) is 5.91 Å². The maximum Gasteiger partial charge on any atom is 0.220 e. The summed E-state index contributed by atoms with van der Waals surface area (Å²) in [7, 11) is 0. The fourth-order valence-electron chi connectivity index (χ4n) is 1.89. The highest BCUT2D eigenvalue weighted by Gasteiger charge is 2.17. The second kappa shape index (κ2) is 7.14. The predicted octanol–water partition coefficient (Wildman–Crippen LogP) is 3.83. The van der Waals surface area contributed by atoms with Crippen LogP contribution in [0.2, 0.25) is 0 Å². The summed E-state index contributed by atoms with van der Waals surface area (Å²) in [6.07, 6.45) is 2.47. The quantitative estimate of drug-likeness (QED) is 0.818. The average molecular weight is 251 g/mol. The molecule has 0 aliphatic heterocycles. The molecule has 1 unspecified atom stereocenters. The Bertz CT molecular complexity index is 373. The van der Waals surface area contributed by atoms with Crippen LogP contribution < -0.4 is 5.32 Å². The van der Waals surface area contributed by atoms with Crippen molar-refractivity contribution in [3.63, 3.8) is 0 Å². The molecule has 0 radical (unpaired) electrons. The largest absolute Gasteiger partial charge is 0.349 e. The van der Waals surface area contributed by atoms with E-state index in [0.717, 1.165) is 18.4 Å². The van der Waals surface area contributed by atoms with Gasteiger partial charge in [0, 0.05) is 6.42 Å². The molecule has 1 aromatic rings. The zero-order chi connectivity index (χ0) is 13.5. The molecule has 2 nitrogen and oxygen atoms in total. The van der Waals surface area contributed by atoms with Gasteiger partial charge in [0.25, 0.3) is 0 Å².